The number of rotatable bonds is 0. The van der Waals surface area contributed by atoms with Crippen LogP contribution in [0.15, 0.2) is 36.4 Å². The van der Waals surface area contributed by atoms with Crippen LogP contribution in [-0.2, 0) is 0 Å². The highest BCUT2D eigenvalue weighted by Crippen LogP contribution is 2.47. The molecule has 0 amide bonds. The molecule has 20 heavy (non-hydrogen) atoms. The Bertz CT molecular complexity index is 843. The van der Waals surface area contributed by atoms with Gasteiger partial charge in [-0.25, -0.2) is 0 Å². The van der Waals surface area contributed by atoms with Crippen molar-refractivity contribution in [3.8, 4) is 11.5 Å². The van der Waals surface area contributed by atoms with E-state index in [1.165, 1.54) is 0 Å². The van der Waals surface area contributed by atoms with Crippen molar-refractivity contribution in [1.82, 2.24) is 0 Å². The standard InChI is InChI=1S/C16H14N2O2/c19-15-9-3-1-2-4-10(9)16(20)13-11(15)5-6-12-14(13)18-8-7-17-12/h1-6,17-20H,7-8H2. The molecule has 3 aromatic rings. The molecule has 0 unspecified atom stereocenters. The predicted molar refractivity (Wildman–Crippen MR) is 81.8 cm³/mol. The van der Waals surface area contributed by atoms with E-state index in [0.29, 0.717) is 21.5 Å². The van der Waals surface area contributed by atoms with Crippen molar-refractivity contribution in [2.75, 3.05) is 23.7 Å². The van der Waals surface area contributed by atoms with Crippen molar-refractivity contribution in [3.05, 3.63) is 36.4 Å². The van der Waals surface area contributed by atoms with Gasteiger partial charge >= 0.3 is 0 Å². The van der Waals surface area contributed by atoms with E-state index >= 15 is 0 Å². The van der Waals surface area contributed by atoms with Crippen LogP contribution >= 0.6 is 0 Å². The van der Waals surface area contributed by atoms with Gasteiger partial charge in [0.2, 0.25) is 0 Å². The second-order valence-electron chi connectivity index (χ2n) is 5.01. The molecule has 4 N–H and O–H groups in total. The summed E-state index contributed by atoms with van der Waals surface area (Å²) in [5.74, 6) is 0.421. The molecule has 4 rings (SSSR count). The van der Waals surface area contributed by atoms with Gasteiger partial charge in [-0.2, -0.15) is 0 Å². The van der Waals surface area contributed by atoms with Crippen LogP contribution in [0, 0.1) is 0 Å². The van der Waals surface area contributed by atoms with Gasteiger partial charge in [-0.15, -0.1) is 0 Å². The van der Waals surface area contributed by atoms with E-state index in [4.69, 9.17) is 0 Å². The number of phenolic OH excluding ortho intramolecular Hbond substituents is 2. The normalized spacial score (nSPS) is 13.8. The average molecular weight is 266 g/mol. The summed E-state index contributed by atoms with van der Waals surface area (Å²) in [4.78, 5) is 0. The van der Waals surface area contributed by atoms with Gasteiger partial charge in [-0.1, -0.05) is 24.3 Å². The first kappa shape index (κ1) is 11.2. The molecule has 0 saturated carbocycles. The molecule has 4 heteroatoms. The summed E-state index contributed by atoms with van der Waals surface area (Å²) in [7, 11) is 0. The SMILES string of the molecule is Oc1c2ccccc2c(O)c2c3c(ccc12)NCCN3. The maximum atomic E-state index is 10.6. The van der Waals surface area contributed by atoms with Gasteiger partial charge in [0.15, 0.2) is 0 Å². The second kappa shape index (κ2) is 3.93. The molecule has 0 radical (unpaired) electrons. The van der Waals surface area contributed by atoms with E-state index < -0.39 is 0 Å². The Morgan fingerprint density at radius 1 is 0.750 bits per heavy atom. The third kappa shape index (κ3) is 1.36. The fourth-order valence-electron chi connectivity index (χ4n) is 2.94. The molecule has 4 nitrogen and oxygen atoms in total. The summed E-state index contributed by atoms with van der Waals surface area (Å²) >= 11 is 0. The number of hydrogen-bond acceptors (Lipinski definition) is 4. The van der Waals surface area contributed by atoms with Crippen molar-refractivity contribution in [3.63, 3.8) is 0 Å². The lowest BCUT2D eigenvalue weighted by Crippen LogP contribution is -2.20. The molecule has 0 bridgehead atoms. The minimum absolute atomic E-state index is 0.210. The van der Waals surface area contributed by atoms with Gasteiger partial charge in [0.05, 0.1) is 16.8 Å². The smallest absolute Gasteiger partial charge is 0.133 e. The average Bonchev–Trinajstić information content (AvgIpc) is 2.51. The fraction of sp³-hybridized carbons (Fsp3) is 0.125. The van der Waals surface area contributed by atoms with Crippen LogP contribution in [0.4, 0.5) is 11.4 Å². The lowest BCUT2D eigenvalue weighted by molar-refractivity contribution is 0.478. The lowest BCUT2D eigenvalue weighted by Gasteiger charge is -2.23. The van der Waals surface area contributed by atoms with Crippen LogP contribution in [0.3, 0.4) is 0 Å². The topological polar surface area (TPSA) is 64.5 Å². The monoisotopic (exact) mass is 266 g/mol. The van der Waals surface area contributed by atoms with Gasteiger partial charge in [0, 0.05) is 29.2 Å². The maximum Gasteiger partial charge on any atom is 0.133 e. The molecule has 0 fully saturated rings. The zero-order chi connectivity index (χ0) is 13.7. The summed E-state index contributed by atoms with van der Waals surface area (Å²) in [6, 6.07) is 11.1. The summed E-state index contributed by atoms with van der Waals surface area (Å²) < 4.78 is 0. The first-order valence-electron chi connectivity index (χ1n) is 6.64. The molecule has 1 aliphatic heterocycles. The van der Waals surface area contributed by atoms with Gasteiger partial charge in [-0.05, 0) is 12.1 Å². The Labute approximate surface area is 115 Å². The van der Waals surface area contributed by atoms with E-state index in [9.17, 15) is 10.2 Å². The Morgan fingerprint density at radius 3 is 2.25 bits per heavy atom. The lowest BCUT2D eigenvalue weighted by atomic mass is 9.98. The molecule has 0 aliphatic carbocycles. The molecule has 0 aromatic heterocycles. The van der Waals surface area contributed by atoms with E-state index in [1.54, 1.807) is 0 Å². The summed E-state index contributed by atoms with van der Waals surface area (Å²) in [6.45, 7) is 1.64. The highest BCUT2D eigenvalue weighted by atomic mass is 16.3. The summed E-state index contributed by atoms with van der Waals surface area (Å²) in [5, 5.41) is 30.4. The quantitative estimate of drug-likeness (QED) is 0.372. The summed E-state index contributed by atoms with van der Waals surface area (Å²) in [6.07, 6.45) is 0. The Kier molecular flexibility index (Phi) is 2.21. The highest BCUT2D eigenvalue weighted by molar-refractivity contribution is 6.16. The molecular formula is C16H14N2O2. The molecule has 1 aliphatic rings. The fourth-order valence-corrected chi connectivity index (χ4v) is 2.94. The third-order valence-corrected chi connectivity index (χ3v) is 3.88. The molecule has 100 valence electrons. The van der Waals surface area contributed by atoms with Crippen LogP contribution in [0.2, 0.25) is 0 Å². The molecule has 1 heterocycles. The molecule has 3 aromatic carbocycles. The van der Waals surface area contributed by atoms with Crippen molar-refractivity contribution in [2.24, 2.45) is 0 Å². The van der Waals surface area contributed by atoms with Gasteiger partial charge in [-0.3, -0.25) is 0 Å². The number of fused-ring (bicyclic) bond motifs is 4. The van der Waals surface area contributed by atoms with Crippen molar-refractivity contribution < 1.29 is 10.2 Å². The third-order valence-electron chi connectivity index (χ3n) is 3.88. The molecule has 0 atom stereocenters. The first-order chi connectivity index (χ1) is 9.77. The van der Waals surface area contributed by atoms with Crippen LogP contribution in [0.25, 0.3) is 21.5 Å². The molecular weight excluding hydrogens is 252 g/mol. The van der Waals surface area contributed by atoms with Gasteiger partial charge < -0.3 is 20.8 Å². The van der Waals surface area contributed by atoms with Gasteiger partial charge in [0.25, 0.3) is 0 Å². The molecule has 0 saturated heterocycles. The first-order valence-corrected chi connectivity index (χ1v) is 6.64. The minimum Gasteiger partial charge on any atom is -0.507 e. The zero-order valence-electron chi connectivity index (χ0n) is 10.8. The number of nitrogens with one attached hydrogen (secondary N) is 2. The highest BCUT2D eigenvalue weighted by Gasteiger charge is 2.19. The predicted octanol–water partition coefficient (Wildman–Crippen LogP) is 3.24. The van der Waals surface area contributed by atoms with Crippen molar-refractivity contribution in [1.29, 1.82) is 0 Å². The zero-order valence-corrected chi connectivity index (χ0v) is 10.8. The van der Waals surface area contributed by atoms with E-state index in [0.717, 1.165) is 24.5 Å². The van der Waals surface area contributed by atoms with Crippen LogP contribution in [-0.4, -0.2) is 23.3 Å². The number of benzene rings is 3. The number of phenols is 2. The summed E-state index contributed by atoms with van der Waals surface area (Å²) in [5.41, 5.74) is 1.81. The Hall–Kier alpha value is -2.62. The Morgan fingerprint density at radius 2 is 1.45 bits per heavy atom. The van der Waals surface area contributed by atoms with Crippen LogP contribution < -0.4 is 10.6 Å². The van der Waals surface area contributed by atoms with Gasteiger partial charge in [0.1, 0.15) is 11.5 Å². The number of anilines is 2. The second-order valence-corrected chi connectivity index (χ2v) is 5.01. The number of aromatic hydroxyl groups is 2. The Balaban J connectivity index is 2.24. The van der Waals surface area contributed by atoms with Crippen LogP contribution in [0.5, 0.6) is 11.5 Å². The van der Waals surface area contributed by atoms with Crippen molar-refractivity contribution in [2.45, 2.75) is 0 Å². The van der Waals surface area contributed by atoms with Crippen LogP contribution in [0.1, 0.15) is 0 Å². The largest absolute Gasteiger partial charge is 0.507 e. The van der Waals surface area contributed by atoms with E-state index in [2.05, 4.69) is 10.6 Å². The van der Waals surface area contributed by atoms with Crippen molar-refractivity contribution >= 4 is 32.9 Å². The van der Waals surface area contributed by atoms with E-state index in [1.807, 2.05) is 36.4 Å². The maximum absolute atomic E-state index is 10.6. The molecule has 0 spiro atoms. The minimum atomic E-state index is 0.210. The number of hydrogen-bond donors (Lipinski definition) is 4. The van der Waals surface area contributed by atoms with E-state index in [-0.39, 0.29) is 11.5 Å².